The van der Waals surface area contributed by atoms with E-state index in [0.717, 1.165) is 28.9 Å². The zero-order chi connectivity index (χ0) is 21.5. The number of carbonyl (C=O) groups is 1. The maximum absolute atomic E-state index is 10.7. The van der Waals surface area contributed by atoms with Crippen molar-refractivity contribution in [2.75, 3.05) is 13.7 Å². The molecule has 4 heteroatoms. The van der Waals surface area contributed by atoms with Gasteiger partial charge in [-0.2, -0.15) is 0 Å². The number of allylic oxidation sites excluding steroid dienone is 1. The van der Waals surface area contributed by atoms with E-state index in [0.29, 0.717) is 5.75 Å². The molecule has 3 rings (SSSR count). The summed E-state index contributed by atoms with van der Waals surface area (Å²) in [6.07, 6.45) is 0.838. The normalized spacial score (nSPS) is 11.6. The molecule has 0 aliphatic carbocycles. The molecule has 0 spiro atoms. The molecule has 1 N–H and O–H groups in total. The Morgan fingerprint density at radius 1 is 0.800 bits per heavy atom. The van der Waals surface area contributed by atoms with E-state index >= 15 is 0 Å². The molecule has 0 aliphatic rings. The van der Waals surface area contributed by atoms with Crippen LogP contribution in [0.25, 0.3) is 11.1 Å². The minimum atomic E-state index is -0.991. The molecule has 0 heterocycles. The summed E-state index contributed by atoms with van der Waals surface area (Å²) in [6.45, 7) is 3.87. The quantitative estimate of drug-likeness (QED) is 0.481. The summed E-state index contributed by atoms with van der Waals surface area (Å²) >= 11 is 0. The van der Waals surface area contributed by atoms with Gasteiger partial charge in [0.25, 0.3) is 0 Å². The van der Waals surface area contributed by atoms with Crippen molar-refractivity contribution in [3.05, 3.63) is 95.1 Å². The third-order valence-electron chi connectivity index (χ3n) is 4.94. The van der Waals surface area contributed by atoms with E-state index in [1.807, 2.05) is 36.4 Å². The second kappa shape index (κ2) is 9.79. The fourth-order valence-corrected chi connectivity index (χ4v) is 3.42. The second-order valence-corrected chi connectivity index (χ2v) is 7.01. The Balaban J connectivity index is 2.09. The number of benzene rings is 3. The average Bonchev–Trinajstić information content (AvgIpc) is 2.77. The van der Waals surface area contributed by atoms with Gasteiger partial charge >= 0.3 is 5.97 Å². The van der Waals surface area contributed by atoms with Gasteiger partial charge in [-0.3, -0.25) is 0 Å². The lowest BCUT2D eigenvalue weighted by molar-refractivity contribution is -0.139. The van der Waals surface area contributed by atoms with Crippen molar-refractivity contribution < 1.29 is 19.4 Å². The molecule has 154 valence electrons. The smallest absolute Gasteiger partial charge is 0.341 e. The van der Waals surface area contributed by atoms with Crippen LogP contribution in [0, 0.1) is 6.92 Å². The van der Waals surface area contributed by atoms with Gasteiger partial charge in [0.05, 0.1) is 7.11 Å². The van der Waals surface area contributed by atoms with Crippen LogP contribution in [-0.2, 0) is 4.79 Å². The summed E-state index contributed by atoms with van der Waals surface area (Å²) in [5.41, 5.74) is 6.92. The highest BCUT2D eigenvalue weighted by Crippen LogP contribution is 2.35. The molecule has 0 fully saturated rings. The van der Waals surface area contributed by atoms with E-state index in [2.05, 4.69) is 50.2 Å². The predicted molar refractivity (Wildman–Crippen MR) is 120 cm³/mol. The molecule has 0 atom stereocenters. The highest BCUT2D eigenvalue weighted by molar-refractivity contribution is 5.98. The van der Waals surface area contributed by atoms with Crippen molar-refractivity contribution in [2.24, 2.45) is 0 Å². The van der Waals surface area contributed by atoms with Gasteiger partial charge in [0, 0.05) is 0 Å². The fourth-order valence-electron chi connectivity index (χ4n) is 3.42. The summed E-state index contributed by atoms with van der Waals surface area (Å²) in [5, 5.41) is 8.80. The van der Waals surface area contributed by atoms with E-state index in [1.165, 1.54) is 16.7 Å². The number of carboxylic acids is 1. The summed E-state index contributed by atoms with van der Waals surface area (Å²) in [4.78, 5) is 10.7. The van der Waals surface area contributed by atoms with Gasteiger partial charge < -0.3 is 14.6 Å². The fraction of sp³-hybridized carbons (Fsp3) is 0.192. The molecular weight excluding hydrogens is 376 g/mol. The van der Waals surface area contributed by atoms with Crippen LogP contribution in [0.2, 0.25) is 0 Å². The Hall–Kier alpha value is -3.53. The Kier molecular flexibility index (Phi) is 6.91. The third-order valence-corrected chi connectivity index (χ3v) is 4.94. The SMILES string of the molecule is CC/C(=C(/c1ccc(C)cc1)c1ccc(OC)cc1)c1ccc(OCC(=O)O)cc1. The highest BCUT2D eigenvalue weighted by Gasteiger charge is 2.13. The van der Waals surface area contributed by atoms with Gasteiger partial charge in [-0.1, -0.05) is 61.0 Å². The van der Waals surface area contributed by atoms with Gasteiger partial charge in [-0.05, 0) is 65.4 Å². The van der Waals surface area contributed by atoms with E-state index in [4.69, 9.17) is 14.6 Å². The number of carboxylic acid groups (broad SMARTS) is 1. The van der Waals surface area contributed by atoms with Gasteiger partial charge in [-0.25, -0.2) is 4.79 Å². The molecule has 4 nitrogen and oxygen atoms in total. The third kappa shape index (κ3) is 5.09. The first kappa shape index (κ1) is 21.2. The molecule has 30 heavy (non-hydrogen) atoms. The molecular formula is C26H26O4. The maximum Gasteiger partial charge on any atom is 0.341 e. The summed E-state index contributed by atoms with van der Waals surface area (Å²) < 4.78 is 10.6. The van der Waals surface area contributed by atoms with Crippen LogP contribution in [0.4, 0.5) is 0 Å². The maximum atomic E-state index is 10.7. The first-order chi connectivity index (χ1) is 14.5. The topological polar surface area (TPSA) is 55.8 Å². The zero-order valence-corrected chi connectivity index (χ0v) is 17.5. The van der Waals surface area contributed by atoms with Crippen molar-refractivity contribution in [3.63, 3.8) is 0 Å². The number of ether oxygens (including phenoxy) is 2. The summed E-state index contributed by atoms with van der Waals surface area (Å²) in [7, 11) is 1.66. The Morgan fingerprint density at radius 3 is 1.80 bits per heavy atom. The second-order valence-electron chi connectivity index (χ2n) is 7.01. The van der Waals surface area contributed by atoms with Crippen LogP contribution in [-0.4, -0.2) is 24.8 Å². The molecule has 0 unspecified atom stereocenters. The number of hydrogen-bond acceptors (Lipinski definition) is 3. The van der Waals surface area contributed by atoms with E-state index in [-0.39, 0.29) is 6.61 Å². The van der Waals surface area contributed by atoms with Crippen molar-refractivity contribution in [1.29, 1.82) is 0 Å². The standard InChI is InChI=1S/C26H26O4/c1-4-24(19-9-15-23(16-10-19)30-17-25(27)28)26(20-7-5-18(2)6-8-20)21-11-13-22(29-3)14-12-21/h5-16H,4,17H2,1-3H3,(H,27,28)/b26-24+. The van der Waals surface area contributed by atoms with Gasteiger partial charge in [0.15, 0.2) is 6.61 Å². The largest absolute Gasteiger partial charge is 0.497 e. The molecule has 0 bridgehead atoms. The van der Waals surface area contributed by atoms with Crippen molar-refractivity contribution in [2.45, 2.75) is 20.3 Å². The number of rotatable bonds is 8. The minimum absolute atomic E-state index is 0.351. The van der Waals surface area contributed by atoms with Crippen LogP contribution in [0.3, 0.4) is 0 Å². The molecule has 0 saturated heterocycles. The lowest BCUT2D eigenvalue weighted by Gasteiger charge is -2.17. The van der Waals surface area contributed by atoms with Crippen LogP contribution in [0.1, 0.15) is 35.6 Å². The lowest BCUT2D eigenvalue weighted by Crippen LogP contribution is -2.09. The van der Waals surface area contributed by atoms with E-state index < -0.39 is 5.97 Å². The number of aliphatic carboxylic acids is 1. The highest BCUT2D eigenvalue weighted by atomic mass is 16.5. The van der Waals surface area contributed by atoms with Gasteiger partial charge in [0.1, 0.15) is 11.5 Å². The Morgan fingerprint density at radius 2 is 1.30 bits per heavy atom. The van der Waals surface area contributed by atoms with Gasteiger partial charge in [0.2, 0.25) is 0 Å². The first-order valence-corrected chi connectivity index (χ1v) is 9.91. The van der Waals surface area contributed by atoms with Crippen LogP contribution in [0.5, 0.6) is 11.5 Å². The molecule has 0 aliphatic heterocycles. The number of hydrogen-bond donors (Lipinski definition) is 1. The van der Waals surface area contributed by atoms with E-state index in [9.17, 15) is 4.79 Å². The summed E-state index contributed by atoms with van der Waals surface area (Å²) in [5.74, 6) is 0.368. The molecule has 0 amide bonds. The molecule has 0 radical (unpaired) electrons. The van der Waals surface area contributed by atoms with Crippen molar-refractivity contribution >= 4 is 17.1 Å². The van der Waals surface area contributed by atoms with Crippen LogP contribution >= 0.6 is 0 Å². The van der Waals surface area contributed by atoms with Gasteiger partial charge in [-0.15, -0.1) is 0 Å². The first-order valence-electron chi connectivity index (χ1n) is 9.91. The van der Waals surface area contributed by atoms with Crippen molar-refractivity contribution in [3.8, 4) is 11.5 Å². The molecule has 3 aromatic carbocycles. The average molecular weight is 402 g/mol. The Bertz CT molecular complexity index is 1010. The molecule has 0 saturated carbocycles. The lowest BCUT2D eigenvalue weighted by atomic mass is 9.88. The van der Waals surface area contributed by atoms with Crippen LogP contribution in [0.15, 0.2) is 72.8 Å². The number of methoxy groups -OCH3 is 1. The summed E-state index contributed by atoms with van der Waals surface area (Å²) in [6, 6.07) is 24.2. The Labute approximate surface area is 177 Å². The van der Waals surface area contributed by atoms with Crippen molar-refractivity contribution in [1.82, 2.24) is 0 Å². The molecule has 0 aromatic heterocycles. The van der Waals surface area contributed by atoms with E-state index in [1.54, 1.807) is 7.11 Å². The zero-order valence-electron chi connectivity index (χ0n) is 17.5. The van der Waals surface area contributed by atoms with Crippen LogP contribution < -0.4 is 9.47 Å². The minimum Gasteiger partial charge on any atom is -0.497 e. The number of aryl methyl sites for hydroxylation is 1. The molecule has 3 aromatic rings. The predicted octanol–water partition coefficient (Wildman–Crippen LogP) is 5.84. The monoisotopic (exact) mass is 402 g/mol.